The molecule has 0 saturated heterocycles. The monoisotopic (exact) mass is 242 g/mol. The molecule has 0 aliphatic carbocycles. The van der Waals surface area contributed by atoms with Gasteiger partial charge in [-0.05, 0) is 23.1 Å². The van der Waals surface area contributed by atoms with Crippen LogP contribution in [0.1, 0.15) is 19.4 Å². The predicted octanol–water partition coefficient (Wildman–Crippen LogP) is 3.37. The summed E-state index contributed by atoms with van der Waals surface area (Å²) in [6.45, 7) is 4.42. The van der Waals surface area contributed by atoms with Gasteiger partial charge in [-0.25, -0.2) is 0 Å². The third-order valence-corrected chi connectivity index (χ3v) is 3.61. The summed E-state index contributed by atoms with van der Waals surface area (Å²) in [6, 6.07) is 8.22. The Morgan fingerprint density at radius 1 is 1.23 bits per heavy atom. The molecule has 0 aliphatic heterocycles. The van der Waals surface area contributed by atoms with Gasteiger partial charge in [0.25, 0.3) is 0 Å². The van der Waals surface area contributed by atoms with Crippen LogP contribution in [0.4, 0.5) is 0 Å². The first-order chi connectivity index (χ1) is 6.10. The largest absolute Gasteiger partial charge is 0.497 e. The Balaban J connectivity index is 2.92. The van der Waals surface area contributed by atoms with E-state index in [4.69, 9.17) is 4.74 Å². The lowest BCUT2D eigenvalue weighted by molar-refractivity contribution is 0.414. The van der Waals surface area contributed by atoms with E-state index in [0.717, 1.165) is 11.1 Å². The zero-order valence-electron chi connectivity index (χ0n) is 8.30. The van der Waals surface area contributed by atoms with Crippen molar-refractivity contribution in [3.63, 3.8) is 0 Å². The number of methoxy groups -OCH3 is 1. The van der Waals surface area contributed by atoms with Crippen molar-refractivity contribution >= 4 is 15.9 Å². The highest BCUT2D eigenvalue weighted by molar-refractivity contribution is 9.09. The molecule has 0 N–H and O–H groups in total. The van der Waals surface area contributed by atoms with Crippen LogP contribution in [-0.4, -0.2) is 12.4 Å². The van der Waals surface area contributed by atoms with Gasteiger partial charge in [-0.3, -0.25) is 0 Å². The molecule has 0 radical (unpaired) electrons. The van der Waals surface area contributed by atoms with Crippen LogP contribution in [0.2, 0.25) is 0 Å². The summed E-state index contributed by atoms with van der Waals surface area (Å²) in [6.07, 6.45) is 0. The van der Waals surface area contributed by atoms with Gasteiger partial charge >= 0.3 is 0 Å². The summed E-state index contributed by atoms with van der Waals surface area (Å²) in [5.41, 5.74) is 1.51. The van der Waals surface area contributed by atoms with Gasteiger partial charge in [-0.15, -0.1) is 0 Å². The highest BCUT2D eigenvalue weighted by atomic mass is 79.9. The maximum Gasteiger partial charge on any atom is 0.118 e. The van der Waals surface area contributed by atoms with E-state index in [0.29, 0.717) is 0 Å². The van der Waals surface area contributed by atoms with Gasteiger partial charge in [0, 0.05) is 5.33 Å². The van der Waals surface area contributed by atoms with Gasteiger partial charge in [0.1, 0.15) is 5.75 Å². The second-order valence-corrected chi connectivity index (χ2v) is 4.31. The van der Waals surface area contributed by atoms with Gasteiger partial charge in [0.05, 0.1) is 7.11 Å². The average molecular weight is 243 g/mol. The molecule has 1 nitrogen and oxygen atoms in total. The van der Waals surface area contributed by atoms with E-state index >= 15 is 0 Å². The summed E-state index contributed by atoms with van der Waals surface area (Å²) >= 11 is 3.51. The molecule has 0 heterocycles. The van der Waals surface area contributed by atoms with Crippen LogP contribution < -0.4 is 4.74 Å². The lowest BCUT2D eigenvalue weighted by Crippen LogP contribution is -2.18. The molecule has 0 bridgehead atoms. The van der Waals surface area contributed by atoms with Crippen molar-refractivity contribution < 1.29 is 4.74 Å². The maximum atomic E-state index is 5.10. The fourth-order valence-corrected chi connectivity index (χ4v) is 1.44. The van der Waals surface area contributed by atoms with Crippen LogP contribution in [0.5, 0.6) is 5.75 Å². The Labute approximate surface area is 88.2 Å². The molecule has 0 fully saturated rings. The zero-order chi connectivity index (χ0) is 9.90. The molecular weight excluding hydrogens is 228 g/mol. The third kappa shape index (κ3) is 2.47. The number of hydrogen-bond donors (Lipinski definition) is 0. The van der Waals surface area contributed by atoms with Crippen LogP contribution in [0.15, 0.2) is 24.3 Å². The van der Waals surface area contributed by atoms with Crippen molar-refractivity contribution in [2.75, 3.05) is 12.4 Å². The standard InChI is InChI=1S/C11H15BrO/c1-11(2,8-12)9-4-6-10(13-3)7-5-9/h4-7H,8H2,1-3H3. The summed E-state index contributed by atoms with van der Waals surface area (Å²) in [5, 5.41) is 0.965. The van der Waals surface area contributed by atoms with Gasteiger partial charge in [0.2, 0.25) is 0 Å². The summed E-state index contributed by atoms with van der Waals surface area (Å²) in [5.74, 6) is 0.911. The molecule has 0 aliphatic rings. The second kappa shape index (κ2) is 4.14. The van der Waals surface area contributed by atoms with Crippen molar-refractivity contribution in [3.8, 4) is 5.75 Å². The predicted molar refractivity (Wildman–Crippen MR) is 59.8 cm³/mol. The molecule has 1 rings (SSSR count). The van der Waals surface area contributed by atoms with Crippen LogP contribution in [-0.2, 0) is 5.41 Å². The summed E-state index contributed by atoms with van der Waals surface area (Å²) in [4.78, 5) is 0. The normalized spacial score (nSPS) is 11.4. The maximum absolute atomic E-state index is 5.10. The molecule has 1 aromatic carbocycles. The number of alkyl halides is 1. The van der Waals surface area contributed by atoms with Gasteiger partial charge in [-0.1, -0.05) is 41.9 Å². The molecular formula is C11H15BrO. The smallest absolute Gasteiger partial charge is 0.118 e. The summed E-state index contributed by atoms with van der Waals surface area (Å²) in [7, 11) is 1.69. The lowest BCUT2D eigenvalue weighted by atomic mass is 9.87. The van der Waals surface area contributed by atoms with Crippen LogP contribution >= 0.6 is 15.9 Å². The number of benzene rings is 1. The van der Waals surface area contributed by atoms with Crippen LogP contribution in [0.3, 0.4) is 0 Å². The fourth-order valence-electron chi connectivity index (χ4n) is 1.12. The molecule has 0 atom stereocenters. The Hall–Kier alpha value is -0.500. The van der Waals surface area contributed by atoms with E-state index in [-0.39, 0.29) is 5.41 Å². The van der Waals surface area contributed by atoms with E-state index < -0.39 is 0 Å². The molecule has 0 amide bonds. The Morgan fingerprint density at radius 3 is 2.15 bits per heavy atom. The quantitative estimate of drug-likeness (QED) is 0.739. The summed E-state index contributed by atoms with van der Waals surface area (Å²) < 4.78 is 5.10. The van der Waals surface area contributed by atoms with E-state index in [1.54, 1.807) is 7.11 Å². The van der Waals surface area contributed by atoms with Crippen LogP contribution in [0.25, 0.3) is 0 Å². The molecule has 0 saturated carbocycles. The Kier molecular flexibility index (Phi) is 3.37. The first kappa shape index (κ1) is 10.6. The van der Waals surface area contributed by atoms with Crippen molar-refractivity contribution in [3.05, 3.63) is 29.8 Å². The van der Waals surface area contributed by atoms with Crippen molar-refractivity contribution in [2.45, 2.75) is 19.3 Å². The minimum Gasteiger partial charge on any atom is -0.497 e. The number of halogens is 1. The Bertz CT molecular complexity index is 264. The highest BCUT2D eigenvalue weighted by Gasteiger charge is 2.18. The Morgan fingerprint density at radius 2 is 1.77 bits per heavy atom. The lowest BCUT2D eigenvalue weighted by Gasteiger charge is -2.22. The first-order valence-electron chi connectivity index (χ1n) is 4.30. The molecule has 0 aromatic heterocycles. The van der Waals surface area contributed by atoms with Gasteiger partial charge in [0.15, 0.2) is 0 Å². The highest BCUT2D eigenvalue weighted by Crippen LogP contribution is 2.26. The number of hydrogen-bond acceptors (Lipinski definition) is 1. The van der Waals surface area contributed by atoms with E-state index in [1.807, 2.05) is 12.1 Å². The third-order valence-electron chi connectivity index (χ3n) is 2.21. The van der Waals surface area contributed by atoms with Gasteiger partial charge in [-0.2, -0.15) is 0 Å². The van der Waals surface area contributed by atoms with E-state index in [9.17, 15) is 0 Å². The van der Waals surface area contributed by atoms with Crippen molar-refractivity contribution in [2.24, 2.45) is 0 Å². The molecule has 2 heteroatoms. The first-order valence-corrected chi connectivity index (χ1v) is 5.43. The SMILES string of the molecule is COc1ccc(C(C)(C)CBr)cc1. The van der Waals surface area contributed by atoms with Crippen LogP contribution in [0, 0.1) is 0 Å². The van der Waals surface area contributed by atoms with E-state index in [2.05, 4.69) is 41.9 Å². The topological polar surface area (TPSA) is 9.23 Å². The average Bonchev–Trinajstić information content (AvgIpc) is 2.18. The van der Waals surface area contributed by atoms with Crippen molar-refractivity contribution in [1.82, 2.24) is 0 Å². The fraction of sp³-hybridized carbons (Fsp3) is 0.455. The van der Waals surface area contributed by atoms with Crippen molar-refractivity contribution in [1.29, 1.82) is 0 Å². The number of ether oxygens (including phenoxy) is 1. The second-order valence-electron chi connectivity index (χ2n) is 3.75. The molecule has 1 aromatic rings. The molecule has 72 valence electrons. The zero-order valence-corrected chi connectivity index (χ0v) is 9.89. The minimum atomic E-state index is 0.187. The molecule has 0 spiro atoms. The number of rotatable bonds is 3. The molecule has 13 heavy (non-hydrogen) atoms. The molecule has 0 unspecified atom stereocenters. The van der Waals surface area contributed by atoms with E-state index in [1.165, 1.54) is 5.56 Å². The van der Waals surface area contributed by atoms with Gasteiger partial charge < -0.3 is 4.74 Å². The minimum absolute atomic E-state index is 0.187.